The number of hydrogen-bond acceptors (Lipinski definition) is 4. The van der Waals surface area contributed by atoms with Gasteiger partial charge in [0.2, 0.25) is 5.91 Å². The number of benzene rings is 3. The summed E-state index contributed by atoms with van der Waals surface area (Å²) in [6, 6.07) is 20.7. The van der Waals surface area contributed by atoms with Crippen LogP contribution in [0.3, 0.4) is 0 Å². The van der Waals surface area contributed by atoms with Crippen LogP contribution < -0.4 is 5.32 Å². The molecule has 170 valence electrons. The number of nitrogens with zero attached hydrogens (tertiary/aromatic N) is 1. The Labute approximate surface area is 205 Å². The molecule has 2 amide bonds. The van der Waals surface area contributed by atoms with Gasteiger partial charge in [-0.05, 0) is 35.9 Å². The van der Waals surface area contributed by atoms with Crippen LogP contribution in [0.15, 0.2) is 77.3 Å². The van der Waals surface area contributed by atoms with E-state index in [1.807, 2.05) is 36.4 Å². The molecule has 0 aliphatic rings. The molecule has 0 aliphatic heterocycles. The topological polar surface area (TPSA) is 75.7 Å². The van der Waals surface area contributed by atoms with E-state index in [2.05, 4.69) is 21.2 Å². The molecule has 8 heteroatoms. The summed E-state index contributed by atoms with van der Waals surface area (Å²) in [5.41, 5.74) is 2.19. The summed E-state index contributed by atoms with van der Waals surface area (Å²) >= 11 is 9.68. The molecular weight excluding hydrogens is 508 g/mol. The van der Waals surface area contributed by atoms with Crippen LogP contribution in [0.1, 0.15) is 34.5 Å². The smallest absolute Gasteiger partial charge is 0.325 e. The lowest BCUT2D eigenvalue weighted by molar-refractivity contribution is -0.147. The highest BCUT2D eigenvalue weighted by Gasteiger charge is 2.29. The zero-order chi connectivity index (χ0) is 24.0. The van der Waals surface area contributed by atoms with Gasteiger partial charge >= 0.3 is 5.97 Å². The minimum absolute atomic E-state index is 0.254. The molecule has 1 N–H and O–H groups in total. The molecule has 3 rings (SSSR count). The minimum Gasteiger partial charge on any atom is -0.468 e. The Kier molecular flexibility index (Phi) is 8.25. The third-order valence-corrected chi connectivity index (χ3v) is 5.86. The van der Waals surface area contributed by atoms with Crippen LogP contribution in [0.2, 0.25) is 5.02 Å². The second-order valence-electron chi connectivity index (χ2n) is 7.20. The van der Waals surface area contributed by atoms with Gasteiger partial charge in [-0.2, -0.15) is 0 Å². The number of anilines is 1. The van der Waals surface area contributed by atoms with Crippen molar-refractivity contribution in [1.82, 2.24) is 4.90 Å². The maximum absolute atomic E-state index is 13.0. The third-order valence-electron chi connectivity index (χ3n) is 5.03. The molecule has 3 aromatic carbocycles. The van der Waals surface area contributed by atoms with Crippen molar-refractivity contribution in [2.24, 2.45) is 0 Å². The first kappa shape index (κ1) is 24.5. The Bertz CT molecular complexity index is 1170. The van der Waals surface area contributed by atoms with Crippen LogP contribution in [-0.2, 0) is 14.3 Å². The fourth-order valence-corrected chi connectivity index (χ4v) is 4.06. The fourth-order valence-electron chi connectivity index (χ4n) is 3.46. The largest absolute Gasteiger partial charge is 0.468 e. The van der Waals surface area contributed by atoms with Crippen molar-refractivity contribution < 1.29 is 19.1 Å². The fraction of sp³-hybridized carbons (Fsp3) is 0.160. The summed E-state index contributed by atoms with van der Waals surface area (Å²) < 4.78 is 5.56. The summed E-state index contributed by atoms with van der Waals surface area (Å²) in [6.07, 6.45) is 0. The summed E-state index contributed by atoms with van der Waals surface area (Å²) in [5.74, 6) is -1.27. The second kappa shape index (κ2) is 11.1. The van der Waals surface area contributed by atoms with Gasteiger partial charge in [0.1, 0.15) is 6.54 Å². The minimum atomic E-state index is -0.665. The molecule has 0 heterocycles. The molecule has 0 aliphatic carbocycles. The molecule has 0 aromatic heterocycles. The number of rotatable bonds is 7. The van der Waals surface area contributed by atoms with Crippen LogP contribution in [-0.4, -0.2) is 36.3 Å². The van der Waals surface area contributed by atoms with E-state index in [9.17, 15) is 14.4 Å². The van der Waals surface area contributed by atoms with E-state index in [-0.39, 0.29) is 12.5 Å². The number of ether oxygens (including phenoxy) is 1. The monoisotopic (exact) mass is 528 g/mol. The Hall–Kier alpha value is -3.16. The first-order valence-electron chi connectivity index (χ1n) is 10.1. The van der Waals surface area contributed by atoms with E-state index >= 15 is 0 Å². The van der Waals surface area contributed by atoms with Crippen molar-refractivity contribution in [2.45, 2.75) is 13.0 Å². The van der Waals surface area contributed by atoms with Gasteiger partial charge in [-0.25, -0.2) is 0 Å². The van der Waals surface area contributed by atoms with E-state index < -0.39 is 17.9 Å². The molecule has 3 aromatic rings. The second-order valence-corrected chi connectivity index (χ2v) is 8.52. The van der Waals surface area contributed by atoms with Gasteiger partial charge in [0.05, 0.1) is 23.7 Å². The van der Waals surface area contributed by atoms with Crippen molar-refractivity contribution in [3.05, 3.63) is 99.0 Å². The molecule has 0 unspecified atom stereocenters. The zero-order valence-electron chi connectivity index (χ0n) is 18.0. The van der Waals surface area contributed by atoms with Gasteiger partial charge in [-0.15, -0.1) is 0 Å². The molecule has 6 nitrogen and oxygen atoms in total. The molecular formula is C25H22BrClN2O4. The maximum Gasteiger partial charge on any atom is 0.325 e. The number of carbonyl (C=O) groups excluding carboxylic acids is 3. The van der Waals surface area contributed by atoms with Gasteiger partial charge in [-0.1, -0.05) is 70.0 Å². The molecule has 33 heavy (non-hydrogen) atoms. The number of halogens is 2. The lowest BCUT2D eigenvalue weighted by Crippen LogP contribution is -2.38. The maximum atomic E-state index is 13.0. The van der Waals surface area contributed by atoms with E-state index in [1.165, 1.54) is 18.9 Å². The number of carbonyl (C=O) groups is 3. The third kappa shape index (κ3) is 6.00. The Morgan fingerprint density at radius 1 is 1.03 bits per heavy atom. The lowest BCUT2D eigenvalue weighted by atomic mass is 9.95. The number of esters is 1. The molecule has 0 saturated carbocycles. The van der Waals surface area contributed by atoms with Crippen LogP contribution in [0.4, 0.5) is 5.69 Å². The SMILES string of the molecule is COC(=O)CN(C(C)=O)[C@H](c1ccccc1)c1cc(Br)ccc1NC(=O)c1ccccc1Cl. The lowest BCUT2D eigenvalue weighted by Gasteiger charge is -2.32. The summed E-state index contributed by atoms with van der Waals surface area (Å²) in [7, 11) is 1.27. The molecule has 0 fully saturated rings. The van der Waals surface area contributed by atoms with Crippen molar-refractivity contribution in [3.8, 4) is 0 Å². The number of hydrogen-bond donors (Lipinski definition) is 1. The van der Waals surface area contributed by atoms with E-state index in [0.29, 0.717) is 21.8 Å². The number of methoxy groups -OCH3 is 1. The first-order chi connectivity index (χ1) is 15.8. The predicted octanol–water partition coefficient (Wildman–Crippen LogP) is 5.47. The standard InChI is InChI=1S/C25H22BrClN2O4/c1-16(30)29(15-23(31)33-2)24(17-8-4-3-5-9-17)20-14-18(26)12-13-22(20)28-25(32)19-10-6-7-11-21(19)27/h3-14,24H,15H2,1-2H3,(H,28,32)/t24-/m1/s1. The van der Waals surface area contributed by atoms with Gasteiger partial charge in [0, 0.05) is 22.6 Å². The first-order valence-corrected chi connectivity index (χ1v) is 11.2. The molecule has 0 bridgehead atoms. The quantitative estimate of drug-likeness (QED) is 0.412. The van der Waals surface area contributed by atoms with E-state index in [1.54, 1.807) is 36.4 Å². The van der Waals surface area contributed by atoms with Crippen molar-refractivity contribution in [1.29, 1.82) is 0 Å². The zero-order valence-corrected chi connectivity index (χ0v) is 20.4. The number of amides is 2. The Balaban J connectivity index is 2.13. The van der Waals surface area contributed by atoms with Crippen molar-refractivity contribution in [2.75, 3.05) is 19.0 Å². The van der Waals surface area contributed by atoms with Crippen molar-refractivity contribution >= 4 is 51.0 Å². The van der Waals surface area contributed by atoms with Crippen LogP contribution >= 0.6 is 27.5 Å². The predicted molar refractivity (Wildman–Crippen MR) is 131 cm³/mol. The van der Waals surface area contributed by atoms with Gasteiger partial charge < -0.3 is 15.0 Å². The van der Waals surface area contributed by atoms with Gasteiger partial charge in [0.15, 0.2) is 0 Å². The normalized spacial score (nSPS) is 11.4. The molecule has 0 saturated heterocycles. The summed E-state index contributed by atoms with van der Waals surface area (Å²) in [4.78, 5) is 39.2. The van der Waals surface area contributed by atoms with Gasteiger partial charge in [0.25, 0.3) is 5.91 Å². The van der Waals surface area contributed by atoms with E-state index in [4.69, 9.17) is 16.3 Å². The van der Waals surface area contributed by atoms with Crippen LogP contribution in [0.25, 0.3) is 0 Å². The number of nitrogens with one attached hydrogen (secondary N) is 1. The van der Waals surface area contributed by atoms with Crippen molar-refractivity contribution in [3.63, 3.8) is 0 Å². The highest BCUT2D eigenvalue weighted by atomic mass is 79.9. The van der Waals surface area contributed by atoms with Gasteiger partial charge in [-0.3, -0.25) is 14.4 Å². The summed E-state index contributed by atoms with van der Waals surface area (Å²) in [6.45, 7) is 1.13. The highest BCUT2D eigenvalue weighted by Crippen LogP contribution is 2.36. The van der Waals surface area contributed by atoms with Crippen LogP contribution in [0.5, 0.6) is 0 Å². The Morgan fingerprint density at radius 3 is 2.33 bits per heavy atom. The highest BCUT2D eigenvalue weighted by molar-refractivity contribution is 9.10. The molecule has 0 spiro atoms. The van der Waals surface area contributed by atoms with Crippen LogP contribution in [0, 0.1) is 0 Å². The van der Waals surface area contributed by atoms with E-state index in [0.717, 1.165) is 10.0 Å². The molecule has 1 atom stereocenters. The average Bonchev–Trinajstić information content (AvgIpc) is 2.81. The Morgan fingerprint density at radius 2 is 1.70 bits per heavy atom. The summed E-state index contributed by atoms with van der Waals surface area (Å²) in [5, 5.41) is 3.23. The molecule has 0 radical (unpaired) electrons. The average molecular weight is 530 g/mol.